The zero-order chi connectivity index (χ0) is 15.5. The van der Waals surface area contributed by atoms with E-state index in [0.717, 1.165) is 32.6 Å². The van der Waals surface area contributed by atoms with Crippen molar-refractivity contribution in [1.82, 2.24) is 15.1 Å². The minimum atomic E-state index is -3.27. The SMILES string of the molecule is CC(C)CS(=O)(=O)CC(=O)N1CCC(N2CCNCC2)C1. The lowest BCUT2D eigenvalue weighted by molar-refractivity contribution is -0.127. The highest BCUT2D eigenvalue weighted by atomic mass is 32.2. The zero-order valence-corrected chi connectivity index (χ0v) is 13.9. The van der Waals surface area contributed by atoms with Crippen molar-refractivity contribution in [1.29, 1.82) is 0 Å². The molecular formula is C14H27N3O3S. The van der Waals surface area contributed by atoms with Gasteiger partial charge in [-0.3, -0.25) is 9.69 Å². The second kappa shape index (κ2) is 7.07. The van der Waals surface area contributed by atoms with E-state index in [0.29, 0.717) is 19.1 Å². The van der Waals surface area contributed by atoms with Gasteiger partial charge in [-0.2, -0.15) is 0 Å². The van der Waals surface area contributed by atoms with E-state index in [1.807, 2.05) is 13.8 Å². The molecule has 2 rings (SSSR count). The first kappa shape index (κ1) is 16.7. The first-order chi connectivity index (χ1) is 9.87. The maximum Gasteiger partial charge on any atom is 0.237 e. The molecule has 7 heteroatoms. The molecule has 1 N–H and O–H groups in total. The van der Waals surface area contributed by atoms with Crippen molar-refractivity contribution in [2.75, 3.05) is 50.8 Å². The van der Waals surface area contributed by atoms with Crippen LogP contribution in [0.2, 0.25) is 0 Å². The number of amides is 1. The Bertz CT molecular complexity index is 458. The Balaban J connectivity index is 1.84. The van der Waals surface area contributed by atoms with Crippen molar-refractivity contribution in [2.24, 2.45) is 5.92 Å². The number of carbonyl (C=O) groups is 1. The Morgan fingerprint density at radius 3 is 2.52 bits per heavy atom. The monoisotopic (exact) mass is 317 g/mol. The van der Waals surface area contributed by atoms with Gasteiger partial charge in [-0.1, -0.05) is 13.8 Å². The molecule has 0 radical (unpaired) electrons. The van der Waals surface area contributed by atoms with Crippen molar-refractivity contribution in [3.8, 4) is 0 Å². The summed E-state index contributed by atoms with van der Waals surface area (Å²) >= 11 is 0. The van der Waals surface area contributed by atoms with E-state index in [1.165, 1.54) is 0 Å². The van der Waals surface area contributed by atoms with Crippen LogP contribution in [0.25, 0.3) is 0 Å². The number of hydrogen-bond donors (Lipinski definition) is 1. The zero-order valence-electron chi connectivity index (χ0n) is 13.0. The number of rotatable bonds is 5. The molecular weight excluding hydrogens is 290 g/mol. The molecule has 2 heterocycles. The summed E-state index contributed by atoms with van der Waals surface area (Å²) < 4.78 is 23.9. The van der Waals surface area contributed by atoms with Crippen molar-refractivity contribution < 1.29 is 13.2 Å². The predicted molar refractivity (Wildman–Crippen MR) is 82.9 cm³/mol. The summed E-state index contributed by atoms with van der Waals surface area (Å²) in [4.78, 5) is 16.3. The largest absolute Gasteiger partial charge is 0.340 e. The standard InChI is InChI=1S/C14H27N3O3S/c1-12(2)10-21(19,20)11-14(18)17-6-3-13(9-17)16-7-4-15-5-8-16/h12-13,15H,3-11H2,1-2H3. The van der Waals surface area contributed by atoms with Gasteiger partial charge in [-0.25, -0.2) is 8.42 Å². The fourth-order valence-corrected chi connectivity index (χ4v) is 4.85. The van der Waals surface area contributed by atoms with Crippen LogP contribution in [0.5, 0.6) is 0 Å². The van der Waals surface area contributed by atoms with E-state index in [2.05, 4.69) is 10.2 Å². The minimum Gasteiger partial charge on any atom is -0.340 e. The van der Waals surface area contributed by atoms with Crippen LogP contribution >= 0.6 is 0 Å². The van der Waals surface area contributed by atoms with E-state index in [1.54, 1.807) is 4.90 Å². The van der Waals surface area contributed by atoms with E-state index in [9.17, 15) is 13.2 Å². The number of likely N-dealkylation sites (tertiary alicyclic amines) is 1. The van der Waals surface area contributed by atoms with Gasteiger partial charge in [-0.05, 0) is 12.3 Å². The molecule has 0 spiro atoms. The Morgan fingerprint density at radius 2 is 1.90 bits per heavy atom. The molecule has 2 aliphatic heterocycles. The molecule has 2 aliphatic rings. The van der Waals surface area contributed by atoms with Crippen molar-refractivity contribution in [3.63, 3.8) is 0 Å². The molecule has 1 amide bonds. The van der Waals surface area contributed by atoms with E-state index in [-0.39, 0.29) is 23.3 Å². The van der Waals surface area contributed by atoms with Gasteiger partial charge >= 0.3 is 0 Å². The fourth-order valence-electron chi connectivity index (χ4n) is 3.16. The average Bonchev–Trinajstić information content (AvgIpc) is 2.87. The molecule has 6 nitrogen and oxygen atoms in total. The summed E-state index contributed by atoms with van der Waals surface area (Å²) in [5, 5.41) is 3.32. The number of sulfone groups is 1. The highest BCUT2D eigenvalue weighted by molar-refractivity contribution is 7.92. The third-order valence-electron chi connectivity index (χ3n) is 4.11. The normalized spacial score (nSPS) is 24.7. The molecule has 0 aromatic heterocycles. The second-order valence-electron chi connectivity index (χ2n) is 6.52. The van der Waals surface area contributed by atoms with Crippen LogP contribution in [0, 0.1) is 5.92 Å². The summed E-state index contributed by atoms with van der Waals surface area (Å²) in [6.07, 6.45) is 0.954. The smallest absolute Gasteiger partial charge is 0.237 e. The highest BCUT2D eigenvalue weighted by Crippen LogP contribution is 2.17. The maximum absolute atomic E-state index is 12.2. The number of carbonyl (C=O) groups excluding carboxylic acids is 1. The summed E-state index contributed by atoms with van der Waals surface area (Å²) in [6, 6.07) is 0.392. The van der Waals surface area contributed by atoms with E-state index >= 15 is 0 Å². The molecule has 2 saturated heterocycles. The van der Waals surface area contributed by atoms with Gasteiger partial charge in [0.15, 0.2) is 9.84 Å². The van der Waals surface area contributed by atoms with Crippen LogP contribution in [0.1, 0.15) is 20.3 Å². The second-order valence-corrected chi connectivity index (χ2v) is 8.63. The summed E-state index contributed by atoms with van der Waals surface area (Å²) in [5.74, 6) is -0.406. The van der Waals surface area contributed by atoms with Gasteiger partial charge in [0.2, 0.25) is 5.91 Å². The maximum atomic E-state index is 12.2. The van der Waals surface area contributed by atoms with Crippen LogP contribution < -0.4 is 5.32 Å². The Hall–Kier alpha value is -0.660. The quantitative estimate of drug-likeness (QED) is 0.745. The highest BCUT2D eigenvalue weighted by Gasteiger charge is 2.32. The van der Waals surface area contributed by atoms with Gasteiger partial charge in [0.1, 0.15) is 5.75 Å². The fraction of sp³-hybridized carbons (Fsp3) is 0.929. The lowest BCUT2D eigenvalue weighted by Crippen LogP contribution is -2.49. The number of piperazine rings is 1. The van der Waals surface area contributed by atoms with Crippen LogP contribution in [0.4, 0.5) is 0 Å². The number of nitrogens with one attached hydrogen (secondary N) is 1. The Morgan fingerprint density at radius 1 is 1.24 bits per heavy atom. The summed E-state index contributed by atoms with van der Waals surface area (Å²) in [6.45, 7) is 9.09. The molecule has 1 unspecified atom stereocenters. The molecule has 0 aliphatic carbocycles. The first-order valence-corrected chi connectivity index (χ1v) is 9.62. The number of hydrogen-bond acceptors (Lipinski definition) is 5. The molecule has 122 valence electrons. The Kier molecular flexibility index (Phi) is 5.62. The van der Waals surface area contributed by atoms with Gasteiger partial charge in [0.25, 0.3) is 0 Å². The van der Waals surface area contributed by atoms with Gasteiger partial charge in [-0.15, -0.1) is 0 Å². The van der Waals surface area contributed by atoms with Crippen LogP contribution in [0.15, 0.2) is 0 Å². The van der Waals surface area contributed by atoms with E-state index in [4.69, 9.17) is 0 Å². The topological polar surface area (TPSA) is 69.7 Å². The molecule has 0 bridgehead atoms. The average molecular weight is 317 g/mol. The molecule has 1 atom stereocenters. The number of nitrogens with zero attached hydrogens (tertiary/aromatic N) is 2. The van der Waals surface area contributed by atoms with Crippen LogP contribution in [-0.4, -0.2) is 80.9 Å². The summed E-state index contributed by atoms with van der Waals surface area (Å²) in [7, 11) is -3.27. The lowest BCUT2D eigenvalue weighted by atomic mass is 10.2. The van der Waals surface area contributed by atoms with Gasteiger partial charge in [0, 0.05) is 45.3 Å². The van der Waals surface area contributed by atoms with Crippen LogP contribution in [0.3, 0.4) is 0 Å². The predicted octanol–water partition coefficient (Wildman–Crippen LogP) is -0.437. The summed E-state index contributed by atoms with van der Waals surface area (Å²) in [5.41, 5.74) is 0. The van der Waals surface area contributed by atoms with E-state index < -0.39 is 9.84 Å². The third kappa shape index (κ3) is 4.93. The minimum absolute atomic E-state index is 0.0648. The van der Waals surface area contributed by atoms with Crippen LogP contribution in [-0.2, 0) is 14.6 Å². The third-order valence-corrected chi connectivity index (χ3v) is 5.98. The lowest BCUT2D eigenvalue weighted by Gasteiger charge is -2.32. The molecule has 0 aromatic rings. The first-order valence-electron chi connectivity index (χ1n) is 7.80. The van der Waals surface area contributed by atoms with Gasteiger partial charge < -0.3 is 10.2 Å². The van der Waals surface area contributed by atoms with Gasteiger partial charge in [0.05, 0.1) is 5.75 Å². The molecule has 21 heavy (non-hydrogen) atoms. The Labute approximate surface area is 127 Å². The molecule has 0 saturated carbocycles. The molecule has 2 fully saturated rings. The molecule has 0 aromatic carbocycles. The van der Waals surface area contributed by atoms with Crippen molar-refractivity contribution in [3.05, 3.63) is 0 Å². The van der Waals surface area contributed by atoms with Crippen molar-refractivity contribution in [2.45, 2.75) is 26.3 Å². The van der Waals surface area contributed by atoms with Crippen molar-refractivity contribution >= 4 is 15.7 Å².